The van der Waals surface area contributed by atoms with Crippen molar-refractivity contribution in [3.05, 3.63) is 60.9 Å². The zero-order valence-electron chi connectivity index (χ0n) is 15.5. The van der Waals surface area contributed by atoms with Gasteiger partial charge < -0.3 is 9.47 Å². The van der Waals surface area contributed by atoms with E-state index in [4.69, 9.17) is 44.9 Å². The lowest BCUT2D eigenvalue weighted by atomic mass is 10.1. The zero-order chi connectivity index (χ0) is 21.1. The van der Waals surface area contributed by atoms with Crippen LogP contribution in [-0.2, 0) is 11.4 Å². The quantitative estimate of drug-likeness (QED) is 0.311. The number of carbonyl (C=O) groups excluding carboxylic acids is 1. The lowest BCUT2D eigenvalue weighted by molar-refractivity contribution is -0.121. The summed E-state index contributed by atoms with van der Waals surface area (Å²) in [5.41, 5.74) is 1.67. The molecule has 0 aliphatic carbocycles. The summed E-state index contributed by atoms with van der Waals surface area (Å²) >= 11 is 22.1. The van der Waals surface area contributed by atoms with E-state index in [1.54, 1.807) is 30.2 Å². The van der Waals surface area contributed by atoms with Gasteiger partial charge in [0.15, 0.2) is 11.5 Å². The molecule has 4 nitrogen and oxygen atoms in total. The third-order valence-electron chi connectivity index (χ3n) is 4.14. The number of methoxy groups -OCH3 is 1. The zero-order valence-corrected chi connectivity index (χ0v) is 20.2. The van der Waals surface area contributed by atoms with E-state index in [0.717, 1.165) is 15.6 Å². The molecule has 0 radical (unpaired) electrons. The molecule has 3 rings (SSSR count). The average Bonchev–Trinajstić information content (AvgIpc) is 2.96. The highest BCUT2D eigenvalue weighted by atomic mass is 79.9. The first-order valence-electron chi connectivity index (χ1n) is 8.53. The third kappa shape index (κ3) is 5.09. The number of amides is 1. The van der Waals surface area contributed by atoms with Crippen LogP contribution >= 0.6 is 63.1 Å². The van der Waals surface area contributed by atoms with Crippen molar-refractivity contribution < 1.29 is 14.3 Å². The molecule has 1 fully saturated rings. The molecule has 1 amide bonds. The molecule has 0 atom stereocenters. The van der Waals surface area contributed by atoms with Gasteiger partial charge in [-0.2, -0.15) is 0 Å². The molecule has 0 saturated carbocycles. The maximum atomic E-state index is 12.5. The Hall–Kier alpha value is -1.25. The Morgan fingerprint density at radius 3 is 2.59 bits per heavy atom. The Morgan fingerprint density at radius 1 is 1.21 bits per heavy atom. The summed E-state index contributed by atoms with van der Waals surface area (Å²) in [6.45, 7) is 2.74. The molecule has 2 aromatic rings. The van der Waals surface area contributed by atoms with E-state index >= 15 is 0 Å². The van der Waals surface area contributed by atoms with Crippen molar-refractivity contribution in [2.24, 2.45) is 0 Å². The van der Waals surface area contributed by atoms with E-state index < -0.39 is 0 Å². The Labute approximate surface area is 197 Å². The molecule has 1 aliphatic heterocycles. The summed E-state index contributed by atoms with van der Waals surface area (Å²) in [6, 6.07) is 8.95. The van der Waals surface area contributed by atoms with Crippen LogP contribution in [0.1, 0.15) is 18.1 Å². The molecule has 152 valence electrons. The standard InChI is InChI=1S/C20H16BrCl2NO3S2/c1-3-24-19(25)18(29-20(24)28)8-12-7-16(26-2)17(9-13(12)21)27-10-11-4-5-14(22)15(23)6-11/h4-9H,3,10H2,1-2H3/b18-8-. The van der Waals surface area contributed by atoms with Gasteiger partial charge >= 0.3 is 0 Å². The van der Waals surface area contributed by atoms with Gasteiger partial charge in [-0.1, -0.05) is 69.2 Å². The minimum Gasteiger partial charge on any atom is -0.493 e. The van der Waals surface area contributed by atoms with Crippen molar-refractivity contribution in [2.45, 2.75) is 13.5 Å². The number of carbonyl (C=O) groups is 1. The van der Waals surface area contributed by atoms with Crippen molar-refractivity contribution in [2.75, 3.05) is 13.7 Å². The molecule has 1 heterocycles. The smallest absolute Gasteiger partial charge is 0.266 e. The van der Waals surface area contributed by atoms with Crippen molar-refractivity contribution in [1.29, 1.82) is 0 Å². The van der Waals surface area contributed by atoms with E-state index in [1.807, 2.05) is 25.1 Å². The van der Waals surface area contributed by atoms with Gasteiger partial charge in [-0.25, -0.2) is 0 Å². The average molecular weight is 533 g/mol. The van der Waals surface area contributed by atoms with Gasteiger partial charge in [-0.05, 0) is 48.4 Å². The van der Waals surface area contributed by atoms with Crippen LogP contribution in [0.25, 0.3) is 6.08 Å². The van der Waals surface area contributed by atoms with Gasteiger partial charge in [-0.15, -0.1) is 0 Å². The maximum Gasteiger partial charge on any atom is 0.266 e. The highest BCUT2D eigenvalue weighted by molar-refractivity contribution is 9.10. The summed E-state index contributed by atoms with van der Waals surface area (Å²) in [5, 5.41) is 0.967. The molecular formula is C20H16BrCl2NO3S2. The number of hydrogen-bond donors (Lipinski definition) is 0. The van der Waals surface area contributed by atoms with Gasteiger partial charge in [0.25, 0.3) is 5.91 Å². The molecule has 0 N–H and O–H groups in total. The van der Waals surface area contributed by atoms with Crippen LogP contribution in [0, 0.1) is 0 Å². The monoisotopic (exact) mass is 531 g/mol. The second kappa shape index (κ2) is 9.71. The van der Waals surface area contributed by atoms with Gasteiger partial charge in [0.05, 0.1) is 22.1 Å². The molecule has 0 spiro atoms. The van der Waals surface area contributed by atoms with Crippen LogP contribution in [-0.4, -0.2) is 28.8 Å². The van der Waals surface area contributed by atoms with Gasteiger partial charge in [0, 0.05) is 11.0 Å². The first-order valence-corrected chi connectivity index (χ1v) is 11.3. The molecule has 0 bridgehead atoms. The third-order valence-corrected chi connectivity index (χ3v) is 6.94. The molecule has 1 aliphatic rings. The van der Waals surface area contributed by atoms with E-state index in [-0.39, 0.29) is 5.91 Å². The number of nitrogens with zero attached hydrogens (tertiary/aromatic N) is 1. The Morgan fingerprint density at radius 2 is 1.97 bits per heavy atom. The summed E-state index contributed by atoms with van der Waals surface area (Å²) in [7, 11) is 1.57. The molecule has 0 unspecified atom stereocenters. The van der Waals surface area contributed by atoms with E-state index in [9.17, 15) is 4.79 Å². The van der Waals surface area contributed by atoms with Gasteiger partial charge in [0.2, 0.25) is 0 Å². The topological polar surface area (TPSA) is 38.8 Å². The molecule has 1 saturated heterocycles. The number of thiocarbonyl (C=S) groups is 1. The van der Waals surface area contributed by atoms with Crippen LogP contribution in [0.4, 0.5) is 0 Å². The highest BCUT2D eigenvalue weighted by Gasteiger charge is 2.30. The van der Waals surface area contributed by atoms with Crippen LogP contribution in [0.2, 0.25) is 10.0 Å². The minimum atomic E-state index is -0.0895. The normalized spacial score (nSPS) is 15.3. The summed E-state index contributed by atoms with van der Waals surface area (Å²) in [4.78, 5) is 14.6. The van der Waals surface area contributed by atoms with Crippen molar-refractivity contribution in [3.8, 4) is 11.5 Å². The first kappa shape index (κ1) is 22.4. The van der Waals surface area contributed by atoms with E-state index in [2.05, 4.69) is 15.9 Å². The number of benzene rings is 2. The number of rotatable bonds is 6. The lowest BCUT2D eigenvalue weighted by Gasteiger charge is -2.13. The SMILES string of the molecule is CCN1C(=O)/C(=C/c2cc(OC)c(OCc3ccc(Cl)c(Cl)c3)cc2Br)SC1=S. The number of hydrogen-bond acceptors (Lipinski definition) is 5. The lowest BCUT2D eigenvalue weighted by Crippen LogP contribution is -2.27. The summed E-state index contributed by atoms with van der Waals surface area (Å²) in [6.07, 6.45) is 1.80. The fourth-order valence-corrected chi connectivity index (χ4v) is 4.77. The molecule has 29 heavy (non-hydrogen) atoms. The van der Waals surface area contributed by atoms with Gasteiger partial charge in [-0.3, -0.25) is 9.69 Å². The largest absolute Gasteiger partial charge is 0.493 e. The summed E-state index contributed by atoms with van der Waals surface area (Å²) < 4.78 is 12.7. The molecule has 9 heteroatoms. The number of halogens is 3. The fraction of sp³-hybridized carbons (Fsp3) is 0.200. The highest BCUT2D eigenvalue weighted by Crippen LogP contribution is 2.38. The number of thioether (sulfide) groups is 1. The van der Waals surface area contributed by atoms with Crippen molar-refractivity contribution >= 4 is 79.4 Å². The van der Waals surface area contributed by atoms with Crippen LogP contribution in [0.15, 0.2) is 39.7 Å². The second-order valence-corrected chi connectivity index (χ2v) is 9.33. The maximum absolute atomic E-state index is 12.5. The van der Waals surface area contributed by atoms with E-state index in [0.29, 0.717) is 43.9 Å². The fourth-order valence-electron chi connectivity index (χ4n) is 2.64. The van der Waals surface area contributed by atoms with Crippen LogP contribution < -0.4 is 9.47 Å². The Kier molecular flexibility index (Phi) is 7.51. The minimum absolute atomic E-state index is 0.0895. The Balaban J connectivity index is 1.84. The van der Waals surface area contributed by atoms with Crippen LogP contribution in [0.5, 0.6) is 11.5 Å². The predicted molar refractivity (Wildman–Crippen MR) is 127 cm³/mol. The van der Waals surface area contributed by atoms with Crippen molar-refractivity contribution in [3.63, 3.8) is 0 Å². The van der Waals surface area contributed by atoms with E-state index in [1.165, 1.54) is 11.8 Å². The molecule has 0 aromatic heterocycles. The predicted octanol–water partition coefficient (Wildman–Crippen LogP) is 6.56. The number of ether oxygens (including phenoxy) is 2. The summed E-state index contributed by atoms with van der Waals surface area (Å²) in [5.74, 6) is 1.02. The second-order valence-electron chi connectivity index (χ2n) is 5.99. The molecular weight excluding hydrogens is 517 g/mol. The first-order chi connectivity index (χ1) is 13.8. The molecule has 2 aromatic carbocycles. The van der Waals surface area contributed by atoms with Crippen LogP contribution in [0.3, 0.4) is 0 Å². The van der Waals surface area contributed by atoms with Crippen molar-refractivity contribution in [1.82, 2.24) is 4.90 Å². The Bertz CT molecular complexity index is 1010. The van der Waals surface area contributed by atoms with Gasteiger partial charge in [0.1, 0.15) is 10.9 Å². The number of likely N-dealkylation sites (N-methyl/N-ethyl adjacent to an activating group) is 1.